The summed E-state index contributed by atoms with van der Waals surface area (Å²) >= 11 is 7.98. The molecule has 2 aromatic heterocycles. The van der Waals surface area contributed by atoms with Crippen LogP contribution in [0.2, 0.25) is 5.02 Å². The molecule has 3 aliphatic heterocycles. The number of fused-ring (bicyclic) bond motifs is 4. The molecule has 0 aliphatic carbocycles. The Hall–Kier alpha value is -4.94. The maximum Gasteiger partial charge on any atom is 0.255 e. The summed E-state index contributed by atoms with van der Waals surface area (Å²) in [4.78, 5) is 66.1. The van der Waals surface area contributed by atoms with Gasteiger partial charge in [-0.25, -0.2) is 0 Å². The second-order valence-corrected chi connectivity index (χ2v) is 16.4. The van der Waals surface area contributed by atoms with Crippen molar-refractivity contribution in [2.45, 2.75) is 110 Å². The molecule has 55 heavy (non-hydrogen) atoms. The molecule has 4 amide bonds. The van der Waals surface area contributed by atoms with Crippen molar-refractivity contribution < 1.29 is 24.0 Å². The molecule has 0 spiro atoms. The maximum absolute atomic E-state index is 13.4. The van der Waals surface area contributed by atoms with E-state index in [1.807, 2.05) is 31.2 Å². The first kappa shape index (κ1) is 38.3. The second-order valence-electron chi connectivity index (χ2n) is 14.7. The molecular formula is C42H45ClN6O5S. The number of Topliss-reactive ketones (excluding diaryl/α,β-unsaturated/α-hetero) is 1. The monoisotopic (exact) mass is 780 g/mol. The van der Waals surface area contributed by atoms with Gasteiger partial charge in [-0.1, -0.05) is 61.6 Å². The molecule has 13 heteroatoms. The number of anilines is 1. The number of carbonyl (C=O) groups is 5. The fourth-order valence-corrected chi connectivity index (χ4v) is 9.26. The van der Waals surface area contributed by atoms with Crippen molar-refractivity contribution in [1.29, 1.82) is 0 Å². The number of rotatable bonds is 14. The van der Waals surface area contributed by atoms with Gasteiger partial charge in [0.25, 0.3) is 5.91 Å². The number of ketones is 1. The number of amides is 4. The Kier molecular flexibility index (Phi) is 11.4. The summed E-state index contributed by atoms with van der Waals surface area (Å²) in [5.41, 5.74) is 6.24. The number of allylic oxidation sites excluding steroid dienone is 1. The van der Waals surface area contributed by atoms with E-state index in [4.69, 9.17) is 11.6 Å². The van der Waals surface area contributed by atoms with E-state index in [0.29, 0.717) is 41.1 Å². The minimum atomic E-state index is -0.705. The van der Waals surface area contributed by atoms with Gasteiger partial charge in [0, 0.05) is 70.4 Å². The first-order valence-corrected chi connectivity index (χ1v) is 20.3. The first-order chi connectivity index (χ1) is 26.5. The smallest absolute Gasteiger partial charge is 0.255 e. The van der Waals surface area contributed by atoms with Crippen molar-refractivity contribution in [3.8, 4) is 5.00 Å². The molecule has 0 bridgehead atoms. The normalized spacial score (nSPS) is 17.6. The molecule has 286 valence electrons. The van der Waals surface area contributed by atoms with E-state index in [1.54, 1.807) is 29.5 Å². The molecular weight excluding hydrogens is 736 g/mol. The number of thiophene rings is 1. The van der Waals surface area contributed by atoms with Crippen LogP contribution >= 0.6 is 22.9 Å². The molecule has 1 fully saturated rings. The summed E-state index contributed by atoms with van der Waals surface area (Å²) in [5.74, 6) is 0.396. The van der Waals surface area contributed by atoms with Crippen molar-refractivity contribution in [1.82, 2.24) is 25.0 Å². The average molecular weight is 781 g/mol. The van der Waals surface area contributed by atoms with Crippen molar-refractivity contribution in [3.63, 3.8) is 0 Å². The van der Waals surface area contributed by atoms with Gasteiger partial charge in [0.2, 0.25) is 17.7 Å². The third kappa shape index (κ3) is 8.07. The topological polar surface area (TPSA) is 143 Å². The lowest BCUT2D eigenvalue weighted by molar-refractivity contribution is -0.137. The van der Waals surface area contributed by atoms with Gasteiger partial charge < -0.3 is 10.2 Å². The third-order valence-electron chi connectivity index (χ3n) is 11.0. The van der Waals surface area contributed by atoms with Gasteiger partial charge in [-0.05, 0) is 81.0 Å². The molecule has 4 aromatic rings. The van der Waals surface area contributed by atoms with Crippen molar-refractivity contribution in [2.24, 2.45) is 0 Å². The number of unbranched alkanes of at least 4 members (excludes halogenated alkanes) is 5. The van der Waals surface area contributed by atoms with Gasteiger partial charge in [0.15, 0.2) is 0 Å². The molecule has 3 aliphatic rings. The predicted octanol–water partition coefficient (Wildman–Crippen LogP) is 7.92. The van der Waals surface area contributed by atoms with Gasteiger partial charge >= 0.3 is 0 Å². The van der Waals surface area contributed by atoms with E-state index in [1.165, 1.54) is 15.3 Å². The molecule has 1 saturated heterocycles. The highest BCUT2D eigenvalue weighted by Crippen LogP contribution is 2.44. The molecule has 0 saturated carbocycles. The molecule has 2 N–H and O–H groups in total. The zero-order chi connectivity index (χ0) is 38.8. The van der Waals surface area contributed by atoms with E-state index in [0.717, 1.165) is 71.9 Å². The molecule has 11 nitrogen and oxygen atoms in total. The van der Waals surface area contributed by atoms with Crippen LogP contribution < -0.4 is 10.6 Å². The highest BCUT2D eigenvalue weighted by molar-refractivity contribution is 7.15. The number of hydrogen-bond donors (Lipinski definition) is 2. The summed E-state index contributed by atoms with van der Waals surface area (Å²) < 4.78 is 2.13. The van der Waals surface area contributed by atoms with Gasteiger partial charge in [-0.3, -0.25) is 33.9 Å². The van der Waals surface area contributed by atoms with Crippen molar-refractivity contribution >= 4 is 63.6 Å². The van der Waals surface area contributed by atoms with Crippen LogP contribution in [0.3, 0.4) is 0 Å². The number of carbonyl (C=O) groups excluding carboxylic acids is 5. The number of nitrogens with one attached hydrogen (secondary N) is 2. The van der Waals surface area contributed by atoms with Crippen LogP contribution in [0.15, 0.2) is 48.5 Å². The van der Waals surface area contributed by atoms with Crippen molar-refractivity contribution in [2.75, 3.05) is 5.32 Å². The predicted molar refractivity (Wildman–Crippen MR) is 212 cm³/mol. The molecule has 0 radical (unpaired) electrons. The average Bonchev–Trinajstić information content (AvgIpc) is 3.77. The lowest BCUT2D eigenvalue weighted by atomic mass is 9.90. The zero-order valence-corrected chi connectivity index (χ0v) is 32.9. The van der Waals surface area contributed by atoms with Gasteiger partial charge in [-0.15, -0.1) is 21.5 Å². The fourth-order valence-electron chi connectivity index (χ4n) is 7.91. The second kappa shape index (κ2) is 16.4. The Balaban J connectivity index is 0.869. The standard InChI is InChI=1S/C42H45ClN6O5S/c1-24-25(2)55-42-38(24)32(27-15-17-29(43)18-16-27)22-28(39-47-46-26(3)49(39)42)21-30(50)11-8-6-4-5-7-9-14-36(51)44-34-13-10-12-31-33(34)23-48(41(31)54)35-19-20-37(52)45-40(35)53/h10,12-13,15-18,22,28,35H,4-9,11,14,19-21,23H2,1-3H3,(H,44,51)(H,45,52,53)/t28-,35?/m1/s1. The van der Waals surface area contributed by atoms with E-state index < -0.39 is 11.9 Å². The number of imide groups is 1. The molecule has 2 aromatic carbocycles. The molecule has 7 rings (SSSR count). The van der Waals surface area contributed by atoms with Crippen LogP contribution in [0.5, 0.6) is 0 Å². The van der Waals surface area contributed by atoms with Gasteiger partial charge in [0.1, 0.15) is 28.5 Å². The summed E-state index contributed by atoms with van der Waals surface area (Å²) in [6.07, 6.45) is 9.21. The third-order valence-corrected chi connectivity index (χ3v) is 12.4. The SMILES string of the molecule is Cc1sc2c(c1C)C(c1ccc(Cl)cc1)=C[C@@H](CC(=O)CCCCCCCCC(=O)Nc1cccc3c1CN(C1CCC(=O)NC1=O)C3=O)c1nnc(C)n1-2. The largest absolute Gasteiger partial charge is 0.326 e. The zero-order valence-electron chi connectivity index (χ0n) is 31.4. The van der Waals surface area contributed by atoms with Crippen LogP contribution in [-0.2, 0) is 25.7 Å². The number of benzene rings is 2. The van der Waals surface area contributed by atoms with Crippen LogP contribution in [-0.4, -0.2) is 55.1 Å². The highest BCUT2D eigenvalue weighted by Gasteiger charge is 2.40. The minimum absolute atomic E-state index is 0.121. The van der Waals surface area contributed by atoms with Gasteiger partial charge in [0.05, 0.1) is 0 Å². The summed E-state index contributed by atoms with van der Waals surface area (Å²) in [6, 6.07) is 12.4. The molecule has 1 unspecified atom stereocenters. The number of aryl methyl sites for hydroxylation is 2. The number of hydrogen-bond acceptors (Lipinski definition) is 8. The summed E-state index contributed by atoms with van der Waals surface area (Å²) in [6.45, 7) is 6.45. The Morgan fingerprint density at radius 1 is 0.945 bits per heavy atom. The number of halogens is 1. The lowest BCUT2D eigenvalue weighted by Gasteiger charge is -2.29. The Morgan fingerprint density at radius 3 is 2.42 bits per heavy atom. The summed E-state index contributed by atoms with van der Waals surface area (Å²) in [5, 5.41) is 16.1. The Labute approximate surface area is 329 Å². The van der Waals surface area contributed by atoms with Crippen LogP contribution in [0, 0.1) is 20.8 Å². The van der Waals surface area contributed by atoms with E-state index >= 15 is 0 Å². The van der Waals surface area contributed by atoms with Crippen LogP contribution in [0.25, 0.3) is 10.6 Å². The Bertz CT molecular complexity index is 2210. The fraction of sp³-hybridized carbons (Fsp3) is 0.405. The molecule has 2 atom stereocenters. The highest BCUT2D eigenvalue weighted by atomic mass is 35.5. The number of piperidine rings is 1. The van der Waals surface area contributed by atoms with E-state index in [9.17, 15) is 24.0 Å². The first-order valence-electron chi connectivity index (χ1n) is 19.1. The summed E-state index contributed by atoms with van der Waals surface area (Å²) in [7, 11) is 0. The maximum atomic E-state index is 13.4. The van der Waals surface area contributed by atoms with Crippen LogP contribution in [0.1, 0.15) is 126 Å². The number of aromatic nitrogens is 3. The quantitative estimate of drug-likeness (QED) is 0.0978. The van der Waals surface area contributed by atoms with E-state index in [2.05, 4.69) is 45.3 Å². The Morgan fingerprint density at radius 2 is 1.67 bits per heavy atom. The molecule has 5 heterocycles. The van der Waals surface area contributed by atoms with Gasteiger partial charge in [-0.2, -0.15) is 0 Å². The number of nitrogens with zero attached hydrogens (tertiary/aromatic N) is 4. The lowest BCUT2D eigenvalue weighted by Crippen LogP contribution is -2.52. The minimum Gasteiger partial charge on any atom is -0.326 e. The van der Waals surface area contributed by atoms with Crippen molar-refractivity contribution in [3.05, 3.63) is 97.9 Å². The van der Waals surface area contributed by atoms with E-state index in [-0.39, 0.29) is 48.8 Å². The van der Waals surface area contributed by atoms with Crippen LogP contribution in [0.4, 0.5) is 5.69 Å².